The predicted octanol–water partition coefficient (Wildman–Crippen LogP) is -2.38. The van der Waals surface area contributed by atoms with E-state index in [0.717, 1.165) is 0 Å². The second kappa shape index (κ2) is 25.4. The Labute approximate surface area is 110 Å². The summed E-state index contributed by atoms with van der Waals surface area (Å²) in [5.74, 6) is 0. The molecular weight excluding hydrogens is 596 g/mol. The molecule has 0 aliphatic carbocycles. The van der Waals surface area contributed by atoms with Crippen LogP contribution < -0.4 is 0 Å². The van der Waals surface area contributed by atoms with Gasteiger partial charge in [-0.15, -0.1) is 0 Å². The Bertz CT molecular complexity index is 7.61. The number of hydrogen-bond donors (Lipinski definition) is 0. The minimum Gasteiger partial charge on any atom is 0 e. The van der Waals surface area contributed by atoms with E-state index in [1.165, 1.54) is 0 Å². The molecule has 24 valence electrons. The van der Waals surface area contributed by atoms with E-state index in [2.05, 4.69) is 0 Å². The maximum atomic E-state index is 0. The summed E-state index contributed by atoms with van der Waals surface area (Å²) in [4.78, 5) is 0. The first-order chi connectivity index (χ1) is 0. The number of rotatable bonds is 0. The molecule has 0 N–H and O–H groups in total. The Kier molecular flexibility index (Phi) is 192. The maximum Gasteiger partial charge on any atom is 0 e. The van der Waals surface area contributed by atoms with Gasteiger partial charge in [0.05, 0.1) is 0 Å². The largest absolute Gasteiger partial charge is 0 e. The molecule has 0 heterocycles. The first-order valence-electron chi connectivity index (χ1n) is 0. The topological polar surface area (TPSA) is 0 Å². The van der Waals surface area contributed by atoms with Gasteiger partial charge in [0.15, 0.2) is 0 Å². The van der Waals surface area contributed by atoms with Crippen molar-refractivity contribution in [2.24, 2.45) is 0 Å². The molecule has 0 rings (SSSR count). The van der Waals surface area contributed by atoms with E-state index in [1.54, 1.807) is 0 Å². The summed E-state index contributed by atoms with van der Waals surface area (Å²) in [6.07, 6.45) is 0. The van der Waals surface area contributed by atoms with Gasteiger partial charge in [-0.3, -0.25) is 0 Å². The van der Waals surface area contributed by atoms with Crippen LogP contribution in [0.5, 0.6) is 0 Å². The molecule has 0 bridgehead atoms. The molecule has 0 nitrogen and oxygen atoms in total. The van der Waals surface area contributed by atoms with Gasteiger partial charge in [-0.2, -0.15) is 0 Å². The molecule has 0 aromatic heterocycles. The minimum absolute atomic E-state index is 0. The van der Waals surface area contributed by atoms with Crippen molar-refractivity contribution in [3.05, 3.63) is 0 Å². The predicted molar refractivity (Wildman–Crippen MR) is 19.9 cm³/mol. The fourth-order valence-corrected chi connectivity index (χ4v) is 0. The van der Waals surface area contributed by atoms with Gasteiger partial charge in [0.1, 0.15) is 0 Å². The zero-order valence-electron chi connectivity index (χ0n) is 1.77. The summed E-state index contributed by atoms with van der Waals surface area (Å²) in [6.45, 7) is 0. The summed E-state index contributed by atoms with van der Waals surface area (Å²) in [5.41, 5.74) is 0. The Balaban J connectivity index is 0. The molecule has 0 aliphatic heterocycles. The standard InChI is InChI=1S/Fe.2Ga.2Hg.6H. The van der Waals surface area contributed by atoms with Crippen molar-refractivity contribution < 1.29 is 72.4 Å². The molecule has 5 heavy (non-hydrogen) atoms. The van der Waals surface area contributed by atoms with Crippen molar-refractivity contribution in [2.45, 2.75) is 0 Å². The molecule has 5 heteroatoms. The Hall–Kier alpha value is 3.66. The van der Waals surface area contributed by atoms with Gasteiger partial charge < -0.3 is 0 Å². The molecule has 0 fully saturated rings. The minimum atomic E-state index is 0. The molecule has 0 saturated carbocycles. The summed E-state index contributed by atoms with van der Waals surface area (Å²) in [6, 6.07) is 0. The van der Waals surface area contributed by atoms with E-state index < -0.39 is 0 Å². The molecule has 0 aromatic rings. The van der Waals surface area contributed by atoms with Crippen molar-refractivity contribution >= 4 is 39.6 Å². The van der Waals surface area contributed by atoms with Crippen LogP contribution in [0.3, 0.4) is 0 Å². The molecule has 0 atom stereocenters. The second-order valence-electron chi connectivity index (χ2n) is 0. The Morgan fingerprint density at radius 1 is 0.600 bits per heavy atom. The average molecular weight is 603 g/mol. The first kappa shape index (κ1) is 37.9. The van der Waals surface area contributed by atoms with Gasteiger partial charge in [0, 0.05) is 72.4 Å². The molecule has 0 aliphatic rings. The molecular formula is H6FeGa2Hg2. The normalized spacial score (nSPS) is 0. The summed E-state index contributed by atoms with van der Waals surface area (Å²) < 4.78 is 0. The van der Waals surface area contributed by atoms with Crippen LogP contribution in [0.15, 0.2) is 0 Å². The van der Waals surface area contributed by atoms with Crippen molar-refractivity contribution in [3.8, 4) is 0 Å². The molecule has 0 radical (unpaired) electrons. The van der Waals surface area contributed by atoms with E-state index in [-0.39, 0.29) is 112 Å². The van der Waals surface area contributed by atoms with Crippen LogP contribution in [0.4, 0.5) is 0 Å². The van der Waals surface area contributed by atoms with Gasteiger partial charge in [-0.1, -0.05) is 0 Å². The van der Waals surface area contributed by atoms with Crippen molar-refractivity contribution in [2.75, 3.05) is 0 Å². The van der Waals surface area contributed by atoms with E-state index in [4.69, 9.17) is 0 Å². The third kappa shape index (κ3) is 18.3. The third-order valence-electron chi connectivity index (χ3n) is 0. The van der Waals surface area contributed by atoms with Crippen molar-refractivity contribution in [3.63, 3.8) is 0 Å². The fourth-order valence-electron chi connectivity index (χ4n) is 0. The van der Waals surface area contributed by atoms with Crippen LogP contribution in [0.25, 0.3) is 0 Å². The van der Waals surface area contributed by atoms with Gasteiger partial charge in [-0.05, 0) is 0 Å². The Morgan fingerprint density at radius 2 is 0.600 bits per heavy atom. The van der Waals surface area contributed by atoms with Crippen LogP contribution >= 0.6 is 0 Å². The molecule has 0 spiro atoms. The number of hydrogen-bond acceptors (Lipinski definition) is 0. The molecule has 0 amide bonds. The SMILES string of the molecule is [Fe].[GaH3].[GaH3].[Hg].[Hg]. The van der Waals surface area contributed by atoms with Gasteiger partial charge in [-0.25, -0.2) is 0 Å². The molecule has 0 unspecified atom stereocenters. The zero-order chi connectivity index (χ0) is 0. The molecule has 0 aromatic carbocycles. The van der Waals surface area contributed by atoms with Crippen molar-refractivity contribution in [1.82, 2.24) is 0 Å². The van der Waals surface area contributed by atoms with Gasteiger partial charge in [0.2, 0.25) is 0 Å². The summed E-state index contributed by atoms with van der Waals surface area (Å²) in [5, 5.41) is 0. The average Bonchev–Trinajstić information content (AvgIpc) is 0. The van der Waals surface area contributed by atoms with Crippen molar-refractivity contribution in [1.29, 1.82) is 0 Å². The van der Waals surface area contributed by atoms with Crippen LogP contribution in [-0.2, 0) is 72.4 Å². The summed E-state index contributed by atoms with van der Waals surface area (Å²) in [7, 11) is 0. The smallest absolute Gasteiger partial charge is 0 e. The zero-order valence-corrected chi connectivity index (χ0v) is 13.9. The van der Waals surface area contributed by atoms with E-state index >= 15 is 0 Å². The van der Waals surface area contributed by atoms with Crippen LogP contribution in [0, 0.1) is 0 Å². The van der Waals surface area contributed by atoms with E-state index in [1.807, 2.05) is 0 Å². The Morgan fingerprint density at radius 3 is 0.600 bits per heavy atom. The third-order valence-corrected chi connectivity index (χ3v) is 0. The monoisotopic (exact) mass is 604 g/mol. The van der Waals surface area contributed by atoms with Crippen LogP contribution in [0.1, 0.15) is 0 Å². The van der Waals surface area contributed by atoms with E-state index in [0.29, 0.717) is 0 Å². The fraction of sp³-hybridized carbons (Fsp3) is 0. The second-order valence-corrected chi connectivity index (χ2v) is 0. The quantitative estimate of drug-likeness (QED) is 0.272. The van der Waals surface area contributed by atoms with Gasteiger partial charge in [0.25, 0.3) is 0 Å². The maximum absolute atomic E-state index is 0. The first-order valence-corrected chi connectivity index (χ1v) is 0. The summed E-state index contributed by atoms with van der Waals surface area (Å²) >= 11 is 0. The van der Waals surface area contributed by atoms with E-state index in [9.17, 15) is 0 Å². The van der Waals surface area contributed by atoms with Crippen LogP contribution in [-0.4, -0.2) is 39.6 Å². The van der Waals surface area contributed by atoms with Crippen LogP contribution in [0.2, 0.25) is 0 Å². The van der Waals surface area contributed by atoms with Gasteiger partial charge >= 0.3 is 39.6 Å². The molecule has 0 saturated heterocycles.